The summed E-state index contributed by atoms with van der Waals surface area (Å²) in [7, 11) is 0. The fraction of sp³-hybridized carbons (Fsp3) is 0.0781. The number of para-hydroxylation sites is 6. The highest BCUT2D eigenvalue weighted by Gasteiger charge is 2.32. The van der Waals surface area contributed by atoms with Crippen molar-refractivity contribution in [3.8, 4) is 39.6 Å². The highest BCUT2D eigenvalue weighted by Crippen LogP contribution is 2.51. The lowest BCUT2D eigenvalue weighted by atomic mass is 9.88. The second-order valence-electron chi connectivity index (χ2n) is 19.0. The fourth-order valence-corrected chi connectivity index (χ4v) is 10.1. The number of hydrogen-bond donors (Lipinski definition) is 0. The van der Waals surface area contributed by atoms with E-state index in [4.69, 9.17) is 9.72 Å². The van der Waals surface area contributed by atoms with Gasteiger partial charge in [0.2, 0.25) is 0 Å². The molecule has 6 nitrogen and oxygen atoms in total. The predicted octanol–water partition coefficient (Wildman–Crippen LogP) is 17.5. The van der Waals surface area contributed by atoms with Crippen molar-refractivity contribution in [1.82, 2.24) is 9.55 Å². The van der Waals surface area contributed by atoms with Gasteiger partial charge in [-0.15, -0.1) is 0 Å². The van der Waals surface area contributed by atoms with Gasteiger partial charge in [0.25, 0.3) is 0 Å². The summed E-state index contributed by atoms with van der Waals surface area (Å²) in [6.45, 7) is 7.19. The van der Waals surface area contributed by atoms with Crippen LogP contribution in [-0.2, 0) is 5.41 Å². The zero-order chi connectivity index (χ0) is 48.1. The highest BCUT2D eigenvalue weighted by atomic mass is 19.1. The minimum atomic E-state index is -0.268. The van der Waals surface area contributed by atoms with Gasteiger partial charge in [0.1, 0.15) is 29.8 Å². The number of nitrogens with zero attached hydrogens (tertiary/aromatic N) is 5. The van der Waals surface area contributed by atoms with Crippen LogP contribution in [0.2, 0.25) is 0 Å². The van der Waals surface area contributed by atoms with Crippen LogP contribution in [0.4, 0.5) is 44.2 Å². The Bertz CT molecular complexity index is 3680. The van der Waals surface area contributed by atoms with Crippen LogP contribution in [0.5, 0.6) is 11.5 Å². The summed E-state index contributed by atoms with van der Waals surface area (Å²) >= 11 is 0. The fourth-order valence-electron chi connectivity index (χ4n) is 10.1. The Morgan fingerprint density at radius 1 is 0.493 bits per heavy atom. The molecular formula is C64H50FN5O. The maximum Gasteiger partial charge on any atom is 0.137 e. The molecule has 0 atom stereocenters. The number of anilines is 7. The highest BCUT2D eigenvalue weighted by molar-refractivity contribution is 6.09. The van der Waals surface area contributed by atoms with E-state index in [1.54, 1.807) is 0 Å². The summed E-state index contributed by atoms with van der Waals surface area (Å²) in [5, 5.41) is 2.27. The molecule has 344 valence electrons. The van der Waals surface area contributed by atoms with E-state index in [-0.39, 0.29) is 11.2 Å². The van der Waals surface area contributed by atoms with Crippen molar-refractivity contribution in [1.29, 1.82) is 0 Å². The van der Waals surface area contributed by atoms with Crippen molar-refractivity contribution >= 4 is 61.6 Å². The third kappa shape index (κ3) is 8.11. The average molecular weight is 924 g/mol. The molecule has 0 saturated carbocycles. The topological polar surface area (TPSA) is 36.8 Å². The molecule has 0 amide bonds. The minimum absolute atomic E-state index is 0.0517. The van der Waals surface area contributed by atoms with E-state index in [9.17, 15) is 4.39 Å². The molecule has 2 aromatic heterocycles. The molecule has 0 fully saturated rings. The molecule has 3 heterocycles. The lowest BCUT2D eigenvalue weighted by molar-refractivity contribution is 0.483. The van der Waals surface area contributed by atoms with Gasteiger partial charge in [-0.3, -0.25) is 4.57 Å². The average Bonchev–Trinajstić information content (AvgIpc) is 3.95. The molecule has 9 aromatic carbocycles. The van der Waals surface area contributed by atoms with E-state index in [1.165, 1.54) is 17.7 Å². The molecular weight excluding hydrogens is 874 g/mol. The van der Waals surface area contributed by atoms with E-state index >= 15 is 0 Å². The van der Waals surface area contributed by atoms with Crippen LogP contribution in [0, 0.1) is 5.82 Å². The first kappa shape index (κ1) is 43.3. The van der Waals surface area contributed by atoms with Crippen LogP contribution in [-0.4, -0.2) is 16.2 Å². The molecule has 71 heavy (non-hydrogen) atoms. The summed E-state index contributed by atoms with van der Waals surface area (Å²) < 4.78 is 23.9. The van der Waals surface area contributed by atoms with Crippen LogP contribution in [0.15, 0.2) is 237 Å². The lowest BCUT2D eigenvalue weighted by Crippen LogP contribution is -2.25. The minimum Gasteiger partial charge on any atom is -0.457 e. The van der Waals surface area contributed by atoms with Crippen LogP contribution in [0.1, 0.15) is 26.3 Å². The van der Waals surface area contributed by atoms with Gasteiger partial charge in [-0.05, 0) is 107 Å². The van der Waals surface area contributed by atoms with Crippen molar-refractivity contribution in [2.75, 3.05) is 21.4 Å². The maximum atomic E-state index is 14.5. The quantitative estimate of drug-likeness (QED) is 0.137. The number of rotatable bonds is 10. The third-order valence-corrected chi connectivity index (χ3v) is 13.5. The number of ether oxygens (including phenoxy) is 1. The van der Waals surface area contributed by atoms with Gasteiger partial charge in [0.15, 0.2) is 0 Å². The van der Waals surface area contributed by atoms with Crippen LogP contribution in [0.3, 0.4) is 0 Å². The van der Waals surface area contributed by atoms with E-state index < -0.39 is 0 Å². The second kappa shape index (κ2) is 17.9. The summed E-state index contributed by atoms with van der Waals surface area (Å²) in [6.07, 6.45) is 1.91. The molecule has 1 aliphatic heterocycles. The van der Waals surface area contributed by atoms with Crippen molar-refractivity contribution < 1.29 is 9.13 Å². The van der Waals surface area contributed by atoms with Crippen molar-refractivity contribution in [3.05, 3.63) is 248 Å². The van der Waals surface area contributed by atoms with Crippen LogP contribution >= 0.6 is 0 Å². The number of fused-ring (bicyclic) bond motifs is 4. The first-order valence-electron chi connectivity index (χ1n) is 24.1. The summed E-state index contributed by atoms with van der Waals surface area (Å²) in [4.78, 5) is 12.0. The second-order valence-corrected chi connectivity index (χ2v) is 19.0. The molecule has 0 saturated heterocycles. The smallest absolute Gasteiger partial charge is 0.137 e. The Morgan fingerprint density at radius 2 is 1.10 bits per heavy atom. The molecule has 0 bridgehead atoms. The molecule has 0 N–H and O–H groups in total. The van der Waals surface area contributed by atoms with Gasteiger partial charge in [-0.1, -0.05) is 148 Å². The summed E-state index contributed by atoms with van der Waals surface area (Å²) in [5.74, 6) is 1.97. The van der Waals surface area contributed by atoms with Crippen LogP contribution < -0.4 is 19.4 Å². The van der Waals surface area contributed by atoms with Gasteiger partial charge < -0.3 is 19.4 Å². The van der Waals surface area contributed by atoms with Gasteiger partial charge in [-0.2, -0.15) is 0 Å². The van der Waals surface area contributed by atoms with E-state index in [1.807, 2.05) is 36.5 Å². The first-order chi connectivity index (χ1) is 34.7. The number of benzene rings is 9. The van der Waals surface area contributed by atoms with Gasteiger partial charge >= 0.3 is 0 Å². The molecule has 1 aliphatic rings. The summed E-state index contributed by atoms with van der Waals surface area (Å²) in [5.41, 5.74) is 14.4. The summed E-state index contributed by atoms with van der Waals surface area (Å²) in [6, 6.07) is 79.0. The van der Waals surface area contributed by atoms with E-state index in [0.29, 0.717) is 18.2 Å². The number of halogens is 1. The van der Waals surface area contributed by atoms with Crippen molar-refractivity contribution in [3.63, 3.8) is 0 Å². The van der Waals surface area contributed by atoms with Crippen LogP contribution in [0.25, 0.3) is 49.9 Å². The van der Waals surface area contributed by atoms with E-state index in [2.05, 4.69) is 228 Å². The lowest BCUT2D eigenvalue weighted by Gasteiger charge is -2.29. The zero-order valence-corrected chi connectivity index (χ0v) is 39.7. The van der Waals surface area contributed by atoms with Gasteiger partial charge in [-0.25, -0.2) is 9.37 Å². The molecule has 0 unspecified atom stereocenters. The Morgan fingerprint density at radius 3 is 1.79 bits per heavy atom. The Hall–Kier alpha value is -8.94. The van der Waals surface area contributed by atoms with Gasteiger partial charge in [0.05, 0.1) is 33.8 Å². The first-order valence-corrected chi connectivity index (χ1v) is 24.1. The predicted molar refractivity (Wildman–Crippen MR) is 291 cm³/mol. The zero-order valence-electron chi connectivity index (χ0n) is 39.7. The Labute approximate surface area is 413 Å². The molecule has 11 aromatic rings. The molecule has 0 aliphatic carbocycles. The molecule has 7 heteroatoms. The molecule has 0 spiro atoms. The van der Waals surface area contributed by atoms with E-state index in [0.717, 1.165) is 89.7 Å². The van der Waals surface area contributed by atoms with Crippen molar-refractivity contribution in [2.45, 2.75) is 26.2 Å². The Kier molecular flexibility index (Phi) is 10.9. The van der Waals surface area contributed by atoms with Gasteiger partial charge in [0, 0.05) is 63.4 Å². The molecule has 12 rings (SSSR count). The standard InChI is InChI=1S/C64H50FN5O/c1-64(2,3)46-36-37-66-62(38-46)70-58-27-14-13-24-56(58)57-35-34-52(42-61(57)70)71-53-40-50(39-51(41-53)69(48-20-9-5-10-21-48)49-22-11-6-12-23-49)67-43-68(60-29-16-15-28-59(60)67)63-54(44-18-7-4-8-19-44)25-17-26-55(63)45-30-32-47(65)33-31-45/h4-42H,43H2,1-3H3. The largest absolute Gasteiger partial charge is 0.457 e. The normalized spacial score (nSPS) is 12.4. The van der Waals surface area contributed by atoms with Crippen molar-refractivity contribution in [2.24, 2.45) is 0 Å². The third-order valence-electron chi connectivity index (χ3n) is 13.5. The monoisotopic (exact) mass is 923 g/mol. The maximum absolute atomic E-state index is 14.5. The Balaban J connectivity index is 1.03. The SMILES string of the molecule is CC(C)(C)c1ccnc(-n2c3ccccc3c3ccc(Oc4cc(N5CN(c6c(-c7ccccc7)cccc6-c6ccc(F)cc6)c6ccccc65)cc(N(c5ccccc5)c5ccccc5)c4)cc32)c1. The number of aromatic nitrogens is 2. The number of pyridine rings is 1. The molecule has 0 radical (unpaired) electrons. The number of hydrogen-bond acceptors (Lipinski definition) is 5.